The van der Waals surface area contributed by atoms with Crippen LogP contribution in [0, 0.1) is 5.92 Å². The van der Waals surface area contributed by atoms with Crippen LogP contribution in [0.4, 0.5) is 0 Å². The molecule has 0 aromatic heterocycles. The van der Waals surface area contributed by atoms with Crippen molar-refractivity contribution in [2.24, 2.45) is 11.7 Å². The molecule has 0 heterocycles. The van der Waals surface area contributed by atoms with Gasteiger partial charge in [0.25, 0.3) is 0 Å². The molecule has 0 aromatic carbocycles. The Morgan fingerprint density at radius 1 is 1.18 bits per heavy atom. The Labute approximate surface area is 108 Å². The van der Waals surface area contributed by atoms with E-state index in [0.29, 0.717) is 12.8 Å². The average molecular weight is 268 g/mol. The molecule has 0 spiro atoms. The van der Waals surface area contributed by atoms with Crippen molar-refractivity contribution in [2.45, 2.75) is 45.6 Å². The lowest BCUT2D eigenvalue weighted by molar-refractivity contribution is -0.164. The summed E-state index contributed by atoms with van der Waals surface area (Å²) in [5.41, 5.74) is 5.24. The van der Waals surface area contributed by atoms with E-state index in [2.05, 4.69) is 4.74 Å². The molecule has 6 heteroatoms. The number of carbonyl (C=O) groups is 2. The number of carbonyl (C=O) groups excluding carboxylic acids is 2. The summed E-state index contributed by atoms with van der Waals surface area (Å²) in [5.74, 6) is -1.63. The van der Waals surface area contributed by atoms with Crippen LogP contribution in [0.25, 0.3) is 0 Å². The molecule has 0 fully saturated rings. The summed E-state index contributed by atoms with van der Waals surface area (Å²) in [6.07, 6.45) is 3.13. The number of esters is 2. The molecular formula is C11H22ClNO4. The molecule has 17 heavy (non-hydrogen) atoms. The third-order valence-electron chi connectivity index (χ3n) is 2.31. The molecule has 0 aromatic rings. The van der Waals surface area contributed by atoms with Crippen molar-refractivity contribution >= 4 is 24.3 Å². The van der Waals surface area contributed by atoms with E-state index in [1.54, 1.807) is 0 Å². The fourth-order valence-corrected chi connectivity index (χ4v) is 1.41. The third kappa shape index (κ3) is 7.31. The quantitative estimate of drug-likeness (QED) is 0.531. The molecule has 0 saturated heterocycles. The highest BCUT2D eigenvalue weighted by molar-refractivity contribution is 5.89. The molecule has 102 valence electrons. The van der Waals surface area contributed by atoms with Gasteiger partial charge in [-0.15, -0.1) is 12.4 Å². The van der Waals surface area contributed by atoms with Gasteiger partial charge in [-0.3, -0.25) is 4.79 Å². The van der Waals surface area contributed by atoms with Gasteiger partial charge in [0.15, 0.2) is 0 Å². The second kappa shape index (κ2) is 10.5. The van der Waals surface area contributed by atoms with Gasteiger partial charge in [-0.25, -0.2) is 4.79 Å². The Morgan fingerprint density at radius 2 is 1.65 bits per heavy atom. The summed E-state index contributed by atoms with van der Waals surface area (Å²) in [6, 6.07) is -1.13. The minimum Gasteiger partial charge on any atom is -0.394 e. The van der Waals surface area contributed by atoms with Crippen molar-refractivity contribution < 1.29 is 19.4 Å². The Morgan fingerprint density at radius 3 is 2.00 bits per heavy atom. The first-order valence-electron chi connectivity index (χ1n) is 5.68. The number of ether oxygens (including phenoxy) is 1. The van der Waals surface area contributed by atoms with Crippen molar-refractivity contribution in [1.29, 1.82) is 0 Å². The van der Waals surface area contributed by atoms with Crippen molar-refractivity contribution in [1.82, 2.24) is 0 Å². The highest BCUT2D eigenvalue weighted by atomic mass is 35.5. The van der Waals surface area contributed by atoms with Gasteiger partial charge in [0.05, 0.1) is 12.5 Å². The molecule has 1 atom stereocenters. The third-order valence-corrected chi connectivity index (χ3v) is 2.31. The van der Waals surface area contributed by atoms with Gasteiger partial charge in [0.1, 0.15) is 6.04 Å². The van der Waals surface area contributed by atoms with Crippen LogP contribution < -0.4 is 5.73 Å². The SMILES string of the molecule is CCCC(CCC)C(=O)OC(=O)[C@@H](N)CO.Cl. The minimum atomic E-state index is -1.13. The predicted octanol–water partition coefficient (Wildman–Crippen LogP) is 1.01. The van der Waals surface area contributed by atoms with E-state index in [1.807, 2.05) is 13.8 Å². The number of hydrogen-bond donors (Lipinski definition) is 2. The molecule has 0 amide bonds. The number of hydrogen-bond acceptors (Lipinski definition) is 5. The van der Waals surface area contributed by atoms with Crippen LogP contribution in [0.5, 0.6) is 0 Å². The van der Waals surface area contributed by atoms with Gasteiger partial charge in [0.2, 0.25) is 0 Å². The number of aliphatic hydroxyl groups excluding tert-OH is 1. The predicted molar refractivity (Wildman–Crippen MR) is 66.7 cm³/mol. The first-order valence-corrected chi connectivity index (χ1v) is 5.68. The van der Waals surface area contributed by atoms with Gasteiger partial charge < -0.3 is 15.6 Å². The fraction of sp³-hybridized carbons (Fsp3) is 0.818. The van der Waals surface area contributed by atoms with E-state index < -0.39 is 24.6 Å². The Bertz CT molecular complexity index is 230. The number of aliphatic hydroxyl groups is 1. The fourth-order valence-electron chi connectivity index (χ4n) is 1.41. The smallest absolute Gasteiger partial charge is 0.332 e. The Balaban J connectivity index is 0. The zero-order chi connectivity index (χ0) is 12.6. The lowest BCUT2D eigenvalue weighted by atomic mass is 9.99. The summed E-state index contributed by atoms with van der Waals surface area (Å²) in [5, 5.41) is 8.63. The lowest BCUT2D eigenvalue weighted by Crippen LogP contribution is -2.38. The maximum Gasteiger partial charge on any atom is 0.332 e. The van der Waals surface area contributed by atoms with Gasteiger partial charge in [-0.2, -0.15) is 0 Å². The Kier molecular flexibility index (Phi) is 11.6. The molecule has 5 nitrogen and oxygen atoms in total. The van der Waals surface area contributed by atoms with Crippen molar-refractivity contribution in [3.63, 3.8) is 0 Å². The maximum absolute atomic E-state index is 11.6. The number of rotatable bonds is 7. The van der Waals surface area contributed by atoms with Gasteiger partial charge in [-0.1, -0.05) is 26.7 Å². The molecule has 0 aliphatic rings. The van der Waals surface area contributed by atoms with Crippen LogP contribution in [0.1, 0.15) is 39.5 Å². The van der Waals surface area contributed by atoms with Crippen LogP contribution in [0.2, 0.25) is 0 Å². The first-order chi connectivity index (χ1) is 7.56. The molecule has 3 N–H and O–H groups in total. The van der Waals surface area contributed by atoms with E-state index in [9.17, 15) is 9.59 Å². The Hall–Kier alpha value is -0.650. The van der Waals surface area contributed by atoms with Crippen molar-refractivity contribution in [3.05, 3.63) is 0 Å². The monoisotopic (exact) mass is 267 g/mol. The average Bonchev–Trinajstić information content (AvgIpc) is 2.27. The van der Waals surface area contributed by atoms with E-state index in [0.717, 1.165) is 12.8 Å². The summed E-state index contributed by atoms with van der Waals surface area (Å²) in [7, 11) is 0. The number of halogens is 1. The van der Waals surface area contributed by atoms with E-state index in [4.69, 9.17) is 10.8 Å². The summed E-state index contributed by atoms with van der Waals surface area (Å²) in [6.45, 7) is 3.42. The highest BCUT2D eigenvalue weighted by Crippen LogP contribution is 2.15. The molecule has 0 radical (unpaired) electrons. The molecule has 0 rings (SSSR count). The van der Waals surface area contributed by atoms with E-state index in [-0.39, 0.29) is 18.3 Å². The van der Waals surface area contributed by atoms with E-state index in [1.165, 1.54) is 0 Å². The second-order valence-corrected chi connectivity index (χ2v) is 3.80. The van der Waals surface area contributed by atoms with Crippen LogP contribution in [-0.2, 0) is 14.3 Å². The minimum absolute atomic E-state index is 0. The van der Waals surface area contributed by atoms with Gasteiger partial charge >= 0.3 is 11.9 Å². The summed E-state index contributed by atoms with van der Waals surface area (Å²) >= 11 is 0. The van der Waals surface area contributed by atoms with Crippen LogP contribution in [0.3, 0.4) is 0 Å². The second-order valence-electron chi connectivity index (χ2n) is 3.80. The molecule has 0 unspecified atom stereocenters. The zero-order valence-electron chi connectivity index (χ0n) is 10.3. The van der Waals surface area contributed by atoms with Gasteiger partial charge in [-0.05, 0) is 12.8 Å². The zero-order valence-corrected chi connectivity index (χ0v) is 11.2. The summed E-state index contributed by atoms with van der Waals surface area (Å²) in [4.78, 5) is 22.7. The number of nitrogens with two attached hydrogens (primary N) is 1. The molecule has 0 aliphatic heterocycles. The normalized spacial score (nSPS) is 11.8. The molecule has 0 saturated carbocycles. The standard InChI is InChI=1S/C11H21NO4.ClH/c1-3-5-8(6-4-2)10(14)16-11(15)9(12)7-13;/h8-9,13H,3-7,12H2,1-2H3;1H/t9-;/m0./s1. The maximum atomic E-state index is 11.6. The molecular weight excluding hydrogens is 246 g/mol. The van der Waals surface area contributed by atoms with Crippen LogP contribution in [0.15, 0.2) is 0 Å². The van der Waals surface area contributed by atoms with E-state index >= 15 is 0 Å². The highest BCUT2D eigenvalue weighted by Gasteiger charge is 2.23. The van der Waals surface area contributed by atoms with Crippen molar-refractivity contribution in [3.8, 4) is 0 Å². The van der Waals surface area contributed by atoms with Gasteiger partial charge in [0, 0.05) is 0 Å². The lowest BCUT2D eigenvalue weighted by Gasteiger charge is -2.14. The van der Waals surface area contributed by atoms with Crippen molar-refractivity contribution in [2.75, 3.05) is 6.61 Å². The largest absolute Gasteiger partial charge is 0.394 e. The van der Waals surface area contributed by atoms with Crippen LogP contribution in [-0.4, -0.2) is 29.7 Å². The summed E-state index contributed by atoms with van der Waals surface area (Å²) < 4.78 is 4.61. The topological polar surface area (TPSA) is 89.6 Å². The first kappa shape index (κ1) is 18.7. The molecule has 0 aliphatic carbocycles. The van der Waals surface area contributed by atoms with Crippen LogP contribution >= 0.6 is 12.4 Å². The molecule has 0 bridgehead atoms.